The maximum atomic E-state index is 15.0. The normalized spacial score (nSPS) is 16.9. The van der Waals surface area contributed by atoms with E-state index in [4.69, 9.17) is 9.47 Å². The fourth-order valence-electron chi connectivity index (χ4n) is 4.11. The molecule has 6 heteroatoms. The largest absolute Gasteiger partial charge is 0.493 e. The summed E-state index contributed by atoms with van der Waals surface area (Å²) in [5.74, 6) is 0.216. The molecule has 2 aromatic rings. The Labute approximate surface area is 182 Å². The number of carbonyl (C=O) groups is 1. The summed E-state index contributed by atoms with van der Waals surface area (Å²) in [5.41, 5.74) is 1.23. The van der Waals surface area contributed by atoms with E-state index in [2.05, 4.69) is 0 Å². The van der Waals surface area contributed by atoms with Crippen molar-refractivity contribution in [2.75, 3.05) is 31.2 Å². The first-order chi connectivity index (χ1) is 15.0. The molecular formula is C25H29F2NO3. The van der Waals surface area contributed by atoms with E-state index in [1.807, 2.05) is 24.3 Å². The van der Waals surface area contributed by atoms with Gasteiger partial charge in [0.2, 0.25) is 0 Å². The number of esters is 1. The second-order valence-corrected chi connectivity index (χ2v) is 8.51. The lowest BCUT2D eigenvalue weighted by Crippen LogP contribution is -2.35. The average molecular weight is 430 g/mol. The number of hydrogen-bond donors (Lipinski definition) is 0. The van der Waals surface area contributed by atoms with Gasteiger partial charge in [0.25, 0.3) is 0 Å². The Bertz CT molecular complexity index is 898. The third-order valence-electron chi connectivity index (χ3n) is 6.06. The first-order valence-electron chi connectivity index (χ1n) is 11.2. The predicted molar refractivity (Wildman–Crippen MR) is 116 cm³/mol. The van der Waals surface area contributed by atoms with Crippen LogP contribution in [0.2, 0.25) is 0 Å². The van der Waals surface area contributed by atoms with Crippen LogP contribution in [-0.2, 0) is 9.53 Å². The summed E-state index contributed by atoms with van der Waals surface area (Å²) < 4.78 is 40.7. The lowest BCUT2D eigenvalue weighted by Gasteiger charge is -2.33. The van der Waals surface area contributed by atoms with Gasteiger partial charge >= 0.3 is 5.97 Å². The molecule has 1 aliphatic carbocycles. The molecule has 0 unspecified atom stereocenters. The third kappa shape index (κ3) is 5.54. The monoisotopic (exact) mass is 429 g/mol. The van der Waals surface area contributed by atoms with Gasteiger partial charge in [0.15, 0.2) is 0 Å². The predicted octanol–water partition coefficient (Wildman–Crippen LogP) is 5.59. The highest BCUT2D eigenvalue weighted by Gasteiger charge is 2.26. The van der Waals surface area contributed by atoms with E-state index in [9.17, 15) is 13.6 Å². The molecule has 0 bridgehead atoms. The number of halogens is 2. The van der Waals surface area contributed by atoms with Crippen molar-refractivity contribution in [3.63, 3.8) is 0 Å². The lowest BCUT2D eigenvalue weighted by molar-refractivity contribution is -0.144. The van der Waals surface area contributed by atoms with Crippen LogP contribution in [0, 0.1) is 23.5 Å². The van der Waals surface area contributed by atoms with Crippen molar-refractivity contribution in [1.29, 1.82) is 0 Å². The molecule has 2 aromatic carbocycles. The zero-order valence-electron chi connectivity index (χ0n) is 17.9. The molecule has 2 aliphatic rings. The zero-order chi connectivity index (χ0) is 21.8. The van der Waals surface area contributed by atoms with Crippen LogP contribution in [0.15, 0.2) is 36.4 Å². The molecule has 4 nitrogen and oxygen atoms in total. The summed E-state index contributed by atoms with van der Waals surface area (Å²) in [6.45, 7) is 3.88. The highest BCUT2D eigenvalue weighted by atomic mass is 19.1. The van der Waals surface area contributed by atoms with E-state index >= 15 is 0 Å². The third-order valence-corrected chi connectivity index (χ3v) is 6.06. The van der Waals surface area contributed by atoms with Crippen LogP contribution >= 0.6 is 0 Å². The fraction of sp³-hybridized carbons (Fsp3) is 0.480. The Morgan fingerprint density at radius 2 is 1.71 bits per heavy atom. The van der Waals surface area contributed by atoms with Crippen LogP contribution in [0.3, 0.4) is 0 Å². The van der Waals surface area contributed by atoms with Gasteiger partial charge in [0, 0.05) is 19.5 Å². The minimum absolute atomic E-state index is 0.0134. The Morgan fingerprint density at radius 1 is 1.00 bits per heavy atom. The minimum atomic E-state index is -0.567. The van der Waals surface area contributed by atoms with E-state index in [1.54, 1.807) is 11.8 Å². The molecule has 2 fully saturated rings. The number of benzene rings is 2. The van der Waals surface area contributed by atoms with Crippen molar-refractivity contribution in [2.45, 2.75) is 39.0 Å². The van der Waals surface area contributed by atoms with Gasteiger partial charge in [-0.05, 0) is 79.8 Å². The van der Waals surface area contributed by atoms with Crippen molar-refractivity contribution < 1.29 is 23.0 Å². The van der Waals surface area contributed by atoms with Crippen LogP contribution < -0.4 is 9.64 Å². The molecule has 0 spiro atoms. The second kappa shape index (κ2) is 9.67. The van der Waals surface area contributed by atoms with Crippen molar-refractivity contribution >= 4 is 11.7 Å². The number of piperidine rings is 1. The summed E-state index contributed by atoms with van der Waals surface area (Å²) in [6, 6.07) is 10.2. The molecular weight excluding hydrogens is 400 g/mol. The molecule has 0 radical (unpaired) electrons. The first-order valence-corrected chi connectivity index (χ1v) is 11.2. The summed E-state index contributed by atoms with van der Waals surface area (Å²) in [5, 5.41) is 0. The Balaban J connectivity index is 1.43. The molecule has 1 aliphatic heterocycles. The Kier molecular flexibility index (Phi) is 6.73. The molecule has 4 rings (SSSR count). The minimum Gasteiger partial charge on any atom is -0.493 e. The smallest absolute Gasteiger partial charge is 0.306 e. The van der Waals surface area contributed by atoms with E-state index in [0.29, 0.717) is 57.0 Å². The van der Waals surface area contributed by atoms with Crippen LogP contribution in [0.4, 0.5) is 14.5 Å². The summed E-state index contributed by atoms with van der Waals surface area (Å²) in [6.07, 6.45) is 4.19. The van der Waals surface area contributed by atoms with Crippen molar-refractivity contribution in [3.8, 4) is 16.9 Å². The Morgan fingerprint density at radius 3 is 2.35 bits per heavy atom. The summed E-state index contributed by atoms with van der Waals surface area (Å²) >= 11 is 0. The number of hydrogen-bond acceptors (Lipinski definition) is 4. The maximum Gasteiger partial charge on any atom is 0.306 e. The van der Waals surface area contributed by atoms with Gasteiger partial charge in [0.05, 0.1) is 13.2 Å². The van der Waals surface area contributed by atoms with Crippen molar-refractivity contribution in [3.05, 3.63) is 48.0 Å². The SMILES string of the molecule is CCOC(=O)CC1CCN(c2c(F)cc(-c3cccc(OCC4CC4)c3)cc2F)CC1. The van der Waals surface area contributed by atoms with Crippen LogP contribution in [-0.4, -0.2) is 32.3 Å². The van der Waals surface area contributed by atoms with Gasteiger partial charge in [0.1, 0.15) is 23.1 Å². The van der Waals surface area contributed by atoms with E-state index in [0.717, 1.165) is 11.3 Å². The maximum absolute atomic E-state index is 15.0. The second-order valence-electron chi connectivity index (χ2n) is 8.51. The molecule has 1 saturated carbocycles. The molecule has 1 heterocycles. The standard InChI is InChI=1S/C25H29F2NO3/c1-2-30-24(29)12-17-8-10-28(11-9-17)25-22(26)14-20(15-23(25)27)19-4-3-5-21(13-19)31-16-18-6-7-18/h3-5,13-15,17-18H,2,6-12,16H2,1H3. The number of rotatable bonds is 8. The number of ether oxygens (including phenoxy) is 2. The lowest BCUT2D eigenvalue weighted by atomic mass is 9.93. The number of carbonyl (C=O) groups excluding carboxylic acids is 1. The molecule has 0 amide bonds. The topological polar surface area (TPSA) is 38.8 Å². The molecule has 1 saturated heterocycles. The number of nitrogens with zero attached hydrogens (tertiary/aromatic N) is 1. The summed E-state index contributed by atoms with van der Waals surface area (Å²) in [7, 11) is 0. The fourth-order valence-corrected chi connectivity index (χ4v) is 4.11. The highest BCUT2D eigenvalue weighted by molar-refractivity contribution is 5.70. The highest BCUT2D eigenvalue weighted by Crippen LogP contribution is 2.34. The molecule has 0 aromatic heterocycles. The van der Waals surface area contributed by atoms with Crippen LogP contribution in [0.25, 0.3) is 11.1 Å². The van der Waals surface area contributed by atoms with E-state index in [1.165, 1.54) is 25.0 Å². The van der Waals surface area contributed by atoms with E-state index in [-0.39, 0.29) is 17.6 Å². The van der Waals surface area contributed by atoms with Crippen LogP contribution in [0.1, 0.15) is 39.0 Å². The van der Waals surface area contributed by atoms with Gasteiger partial charge in [-0.25, -0.2) is 8.78 Å². The van der Waals surface area contributed by atoms with E-state index < -0.39 is 11.6 Å². The zero-order valence-corrected chi connectivity index (χ0v) is 17.9. The van der Waals surface area contributed by atoms with Crippen LogP contribution in [0.5, 0.6) is 5.75 Å². The number of anilines is 1. The molecule has 31 heavy (non-hydrogen) atoms. The van der Waals surface area contributed by atoms with Crippen molar-refractivity contribution in [2.24, 2.45) is 11.8 Å². The van der Waals surface area contributed by atoms with Gasteiger partial charge in [-0.15, -0.1) is 0 Å². The molecule has 0 atom stereocenters. The van der Waals surface area contributed by atoms with Gasteiger partial charge in [-0.3, -0.25) is 4.79 Å². The molecule has 166 valence electrons. The quantitative estimate of drug-likeness (QED) is 0.513. The first kappa shape index (κ1) is 21.6. The van der Waals surface area contributed by atoms with Gasteiger partial charge < -0.3 is 14.4 Å². The Hall–Kier alpha value is -2.63. The van der Waals surface area contributed by atoms with Crippen molar-refractivity contribution in [1.82, 2.24) is 0 Å². The van der Waals surface area contributed by atoms with Gasteiger partial charge in [-0.1, -0.05) is 12.1 Å². The average Bonchev–Trinajstić information content (AvgIpc) is 3.58. The molecule has 0 N–H and O–H groups in total. The van der Waals surface area contributed by atoms with Gasteiger partial charge in [-0.2, -0.15) is 0 Å². The summed E-state index contributed by atoms with van der Waals surface area (Å²) in [4.78, 5) is 13.4.